The summed E-state index contributed by atoms with van der Waals surface area (Å²) in [5.41, 5.74) is 0.839. The van der Waals surface area contributed by atoms with Crippen LogP contribution < -0.4 is 5.32 Å². The predicted molar refractivity (Wildman–Crippen MR) is 50.6 cm³/mol. The molecule has 15 heavy (non-hydrogen) atoms. The van der Waals surface area contributed by atoms with Crippen LogP contribution in [-0.4, -0.2) is 17.6 Å². The van der Waals surface area contributed by atoms with Gasteiger partial charge in [0.2, 0.25) is 6.43 Å². The number of nitrogens with zero attached hydrogens (tertiary/aromatic N) is 1. The molecule has 0 aromatic carbocycles. The second-order valence-corrected chi connectivity index (χ2v) is 4.08. The van der Waals surface area contributed by atoms with Crippen LogP contribution in [0.4, 0.5) is 8.78 Å². The molecule has 1 aromatic heterocycles. The van der Waals surface area contributed by atoms with Crippen molar-refractivity contribution in [3.63, 3.8) is 0 Å². The molecule has 84 valence electrons. The summed E-state index contributed by atoms with van der Waals surface area (Å²) in [6.45, 7) is 2.42. The first-order valence-electron chi connectivity index (χ1n) is 5.09. The molecule has 0 saturated heterocycles. The monoisotopic (exact) mass is 216 g/mol. The van der Waals surface area contributed by atoms with E-state index in [9.17, 15) is 8.78 Å². The molecule has 0 unspecified atom stereocenters. The summed E-state index contributed by atoms with van der Waals surface area (Å²) in [7, 11) is 0. The van der Waals surface area contributed by atoms with E-state index in [1.54, 1.807) is 0 Å². The second-order valence-electron chi connectivity index (χ2n) is 4.08. The zero-order valence-corrected chi connectivity index (χ0v) is 8.54. The van der Waals surface area contributed by atoms with E-state index in [4.69, 9.17) is 4.52 Å². The molecule has 0 atom stereocenters. The van der Waals surface area contributed by atoms with Crippen molar-refractivity contribution in [2.75, 3.05) is 0 Å². The Kier molecular flexibility index (Phi) is 3.00. The molecule has 1 saturated carbocycles. The van der Waals surface area contributed by atoms with Crippen molar-refractivity contribution >= 4 is 0 Å². The maximum absolute atomic E-state index is 12.2. The van der Waals surface area contributed by atoms with Crippen molar-refractivity contribution < 1.29 is 13.3 Å². The molecule has 0 spiro atoms. The molecule has 1 aliphatic rings. The van der Waals surface area contributed by atoms with Crippen LogP contribution in [0.1, 0.15) is 24.3 Å². The maximum Gasteiger partial charge on any atom is 0.241 e. The Balaban J connectivity index is 1.68. The first kappa shape index (κ1) is 10.5. The van der Waals surface area contributed by atoms with Gasteiger partial charge in [0.25, 0.3) is 0 Å². The highest BCUT2D eigenvalue weighted by molar-refractivity contribution is 5.03. The minimum atomic E-state index is -2.17. The Bertz CT molecular complexity index is 321. The highest BCUT2D eigenvalue weighted by Gasteiger charge is 2.35. The van der Waals surface area contributed by atoms with Crippen molar-refractivity contribution in [3.8, 4) is 0 Å². The van der Waals surface area contributed by atoms with Crippen LogP contribution >= 0.6 is 0 Å². The molecule has 0 radical (unpaired) electrons. The number of nitrogens with one attached hydrogen (secondary N) is 1. The molecule has 0 amide bonds. The first-order valence-corrected chi connectivity index (χ1v) is 5.09. The van der Waals surface area contributed by atoms with Gasteiger partial charge in [-0.1, -0.05) is 5.16 Å². The third-order valence-corrected chi connectivity index (χ3v) is 2.77. The molecule has 0 bridgehead atoms. The van der Waals surface area contributed by atoms with Crippen molar-refractivity contribution in [2.24, 2.45) is 5.92 Å². The summed E-state index contributed by atoms with van der Waals surface area (Å²) in [6.07, 6.45) is -1.05. The molecule has 1 aliphatic carbocycles. The van der Waals surface area contributed by atoms with Crippen LogP contribution in [0, 0.1) is 12.8 Å². The van der Waals surface area contributed by atoms with Gasteiger partial charge >= 0.3 is 0 Å². The highest BCUT2D eigenvalue weighted by Crippen LogP contribution is 2.32. The Hall–Kier alpha value is -0.970. The quantitative estimate of drug-likeness (QED) is 0.837. The zero-order chi connectivity index (χ0) is 10.8. The first-order chi connectivity index (χ1) is 7.15. The normalized spacial score (nSPS) is 25.6. The molecule has 0 aliphatic heterocycles. The molecule has 3 nitrogen and oxygen atoms in total. The SMILES string of the molecule is Cc1cc(CNC2CC(C(F)F)C2)on1. The number of hydrogen-bond acceptors (Lipinski definition) is 3. The minimum absolute atomic E-state index is 0.203. The van der Waals surface area contributed by atoms with Crippen LogP contribution in [0.15, 0.2) is 10.6 Å². The van der Waals surface area contributed by atoms with E-state index in [1.165, 1.54) is 0 Å². The fraction of sp³-hybridized carbons (Fsp3) is 0.700. The molecule has 1 fully saturated rings. The lowest BCUT2D eigenvalue weighted by Crippen LogP contribution is -2.43. The van der Waals surface area contributed by atoms with Crippen LogP contribution in [-0.2, 0) is 6.54 Å². The lowest BCUT2D eigenvalue weighted by Gasteiger charge is -2.35. The lowest BCUT2D eigenvalue weighted by atomic mass is 9.80. The van der Waals surface area contributed by atoms with E-state index >= 15 is 0 Å². The standard InChI is InChI=1S/C10H14F2N2O/c1-6-2-9(15-14-6)5-13-8-3-7(4-8)10(11)12/h2,7-8,10,13H,3-5H2,1H3. The van der Waals surface area contributed by atoms with Gasteiger partial charge in [0.1, 0.15) is 0 Å². The van der Waals surface area contributed by atoms with Crippen LogP contribution in [0.25, 0.3) is 0 Å². The smallest absolute Gasteiger partial charge is 0.241 e. The molecule has 5 heteroatoms. The van der Waals surface area contributed by atoms with Gasteiger partial charge in [0.15, 0.2) is 5.76 Å². The van der Waals surface area contributed by atoms with E-state index in [1.807, 2.05) is 13.0 Å². The van der Waals surface area contributed by atoms with Crippen molar-refractivity contribution in [2.45, 2.75) is 38.8 Å². The van der Waals surface area contributed by atoms with Gasteiger partial charge in [-0.25, -0.2) is 8.78 Å². The molecular formula is C10H14F2N2O. The van der Waals surface area contributed by atoms with Crippen LogP contribution in [0.2, 0.25) is 0 Å². The number of aryl methyl sites for hydroxylation is 1. The van der Waals surface area contributed by atoms with E-state index in [2.05, 4.69) is 10.5 Å². The van der Waals surface area contributed by atoms with Crippen LogP contribution in [0.5, 0.6) is 0 Å². The second kappa shape index (κ2) is 4.26. The van der Waals surface area contributed by atoms with Gasteiger partial charge in [-0.3, -0.25) is 0 Å². The van der Waals surface area contributed by atoms with Gasteiger partial charge in [-0.15, -0.1) is 0 Å². The minimum Gasteiger partial charge on any atom is -0.360 e. The van der Waals surface area contributed by atoms with Crippen molar-refractivity contribution in [1.29, 1.82) is 0 Å². The third-order valence-electron chi connectivity index (χ3n) is 2.77. The van der Waals surface area contributed by atoms with Gasteiger partial charge < -0.3 is 9.84 Å². The summed E-state index contributed by atoms with van der Waals surface area (Å²) >= 11 is 0. The number of halogens is 2. The number of hydrogen-bond donors (Lipinski definition) is 1. The average Bonchev–Trinajstić information content (AvgIpc) is 2.48. The molecule has 2 rings (SSSR count). The third kappa shape index (κ3) is 2.53. The van der Waals surface area contributed by atoms with Gasteiger partial charge in [-0.05, 0) is 19.8 Å². The zero-order valence-electron chi connectivity index (χ0n) is 8.54. The van der Waals surface area contributed by atoms with Gasteiger partial charge in [0, 0.05) is 18.0 Å². The highest BCUT2D eigenvalue weighted by atomic mass is 19.3. The topological polar surface area (TPSA) is 38.1 Å². The molecule has 1 heterocycles. The van der Waals surface area contributed by atoms with Crippen molar-refractivity contribution in [3.05, 3.63) is 17.5 Å². The summed E-state index contributed by atoms with van der Waals surface area (Å²) in [5, 5.41) is 6.91. The number of aromatic nitrogens is 1. The van der Waals surface area contributed by atoms with E-state index < -0.39 is 12.3 Å². The lowest BCUT2D eigenvalue weighted by molar-refractivity contribution is 0.0152. The fourth-order valence-corrected chi connectivity index (χ4v) is 1.78. The van der Waals surface area contributed by atoms with E-state index in [0.717, 1.165) is 11.5 Å². The summed E-state index contributed by atoms with van der Waals surface area (Å²) < 4.78 is 29.3. The van der Waals surface area contributed by atoms with Gasteiger partial charge in [-0.2, -0.15) is 0 Å². The van der Waals surface area contributed by atoms with Crippen LogP contribution in [0.3, 0.4) is 0 Å². The van der Waals surface area contributed by atoms with E-state index in [-0.39, 0.29) is 6.04 Å². The molecular weight excluding hydrogens is 202 g/mol. The Morgan fingerprint density at radius 3 is 2.87 bits per heavy atom. The summed E-state index contributed by atoms with van der Waals surface area (Å²) in [5.74, 6) is 0.340. The summed E-state index contributed by atoms with van der Waals surface area (Å²) in [6, 6.07) is 2.05. The van der Waals surface area contributed by atoms with Gasteiger partial charge in [0.05, 0.1) is 12.2 Å². The largest absolute Gasteiger partial charge is 0.360 e. The Morgan fingerprint density at radius 1 is 1.60 bits per heavy atom. The fourth-order valence-electron chi connectivity index (χ4n) is 1.78. The number of rotatable bonds is 4. The summed E-state index contributed by atoms with van der Waals surface area (Å²) in [4.78, 5) is 0. The Labute approximate surface area is 86.8 Å². The maximum atomic E-state index is 12.2. The predicted octanol–water partition coefficient (Wildman–Crippen LogP) is 2.12. The Morgan fingerprint density at radius 2 is 2.33 bits per heavy atom. The molecule has 1 N–H and O–H groups in total. The average molecular weight is 216 g/mol. The number of alkyl halides is 2. The van der Waals surface area contributed by atoms with E-state index in [0.29, 0.717) is 19.4 Å². The van der Waals surface area contributed by atoms with Crippen molar-refractivity contribution in [1.82, 2.24) is 10.5 Å². The molecule has 1 aromatic rings.